The van der Waals surface area contributed by atoms with Gasteiger partial charge in [0.1, 0.15) is 5.69 Å². The molecular formula is C11H13N3O. The molecule has 0 radical (unpaired) electrons. The molecule has 0 aliphatic heterocycles. The van der Waals surface area contributed by atoms with Crippen molar-refractivity contribution in [2.24, 2.45) is 0 Å². The molecule has 2 aromatic rings. The van der Waals surface area contributed by atoms with Gasteiger partial charge < -0.3 is 4.42 Å². The van der Waals surface area contributed by atoms with E-state index in [9.17, 15) is 0 Å². The van der Waals surface area contributed by atoms with Crippen LogP contribution in [0.15, 0.2) is 22.7 Å². The predicted molar refractivity (Wildman–Crippen MR) is 56.4 cm³/mol. The van der Waals surface area contributed by atoms with Crippen molar-refractivity contribution >= 4 is 0 Å². The Labute approximate surface area is 88.4 Å². The number of aromatic nitrogens is 3. The summed E-state index contributed by atoms with van der Waals surface area (Å²) < 4.78 is 5.53. The van der Waals surface area contributed by atoms with Crippen LogP contribution in [0.2, 0.25) is 0 Å². The Morgan fingerprint density at radius 1 is 1.27 bits per heavy atom. The van der Waals surface area contributed by atoms with Gasteiger partial charge in [0.15, 0.2) is 0 Å². The van der Waals surface area contributed by atoms with E-state index in [1.54, 1.807) is 6.20 Å². The Bertz CT molecular complexity index is 462. The van der Waals surface area contributed by atoms with E-state index in [1.807, 2.05) is 32.9 Å². The van der Waals surface area contributed by atoms with Gasteiger partial charge in [-0.05, 0) is 18.6 Å². The predicted octanol–water partition coefficient (Wildman–Crippen LogP) is 2.56. The lowest BCUT2D eigenvalue weighted by atomic mass is 10.2. The van der Waals surface area contributed by atoms with Crippen LogP contribution in [0.4, 0.5) is 0 Å². The molecule has 2 aromatic heterocycles. The van der Waals surface area contributed by atoms with Gasteiger partial charge >= 0.3 is 0 Å². The minimum Gasteiger partial charge on any atom is -0.419 e. The maximum absolute atomic E-state index is 5.53. The molecular weight excluding hydrogens is 190 g/mol. The van der Waals surface area contributed by atoms with Crippen molar-refractivity contribution in [3.05, 3.63) is 29.8 Å². The van der Waals surface area contributed by atoms with Crippen LogP contribution >= 0.6 is 0 Å². The second kappa shape index (κ2) is 3.81. The fourth-order valence-corrected chi connectivity index (χ4v) is 1.27. The van der Waals surface area contributed by atoms with Crippen LogP contribution in [0.1, 0.15) is 31.2 Å². The molecule has 4 nitrogen and oxygen atoms in total. The highest BCUT2D eigenvalue weighted by Gasteiger charge is 2.13. The monoisotopic (exact) mass is 203 g/mol. The van der Waals surface area contributed by atoms with Crippen LogP contribution in [0.25, 0.3) is 11.6 Å². The molecule has 4 heteroatoms. The van der Waals surface area contributed by atoms with Gasteiger partial charge in [-0.2, -0.15) is 0 Å². The lowest BCUT2D eigenvalue weighted by Gasteiger charge is -1.98. The van der Waals surface area contributed by atoms with Crippen molar-refractivity contribution in [1.29, 1.82) is 0 Å². The summed E-state index contributed by atoms with van der Waals surface area (Å²) in [4.78, 5) is 4.22. The SMILES string of the molecule is Cc1cccnc1-c1nnc(C(C)C)o1. The van der Waals surface area contributed by atoms with Crippen molar-refractivity contribution in [3.63, 3.8) is 0 Å². The van der Waals surface area contributed by atoms with E-state index in [-0.39, 0.29) is 5.92 Å². The normalized spacial score (nSPS) is 10.9. The maximum Gasteiger partial charge on any atom is 0.266 e. The molecule has 0 spiro atoms. The van der Waals surface area contributed by atoms with Crippen LogP contribution in [0.5, 0.6) is 0 Å². The summed E-state index contributed by atoms with van der Waals surface area (Å²) in [5.74, 6) is 1.39. The van der Waals surface area contributed by atoms with Gasteiger partial charge in [-0.25, -0.2) is 0 Å². The molecule has 0 saturated heterocycles. The molecule has 0 amide bonds. The highest BCUT2D eigenvalue weighted by Crippen LogP contribution is 2.21. The number of pyridine rings is 1. The number of hydrogen-bond donors (Lipinski definition) is 0. The van der Waals surface area contributed by atoms with Gasteiger partial charge in [-0.1, -0.05) is 19.9 Å². The zero-order chi connectivity index (χ0) is 10.8. The zero-order valence-corrected chi connectivity index (χ0v) is 9.06. The number of nitrogens with zero attached hydrogens (tertiary/aromatic N) is 3. The highest BCUT2D eigenvalue weighted by atomic mass is 16.4. The van der Waals surface area contributed by atoms with Crippen LogP contribution < -0.4 is 0 Å². The summed E-state index contributed by atoms with van der Waals surface area (Å²) in [5, 5.41) is 7.97. The third-order valence-electron chi connectivity index (χ3n) is 2.15. The van der Waals surface area contributed by atoms with Crippen molar-refractivity contribution < 1.29 is 4.42 Å². The fraction of sp³-hybridized carbons (Fsp3) is 0.364. The lowest BCUT2D eigenvalue weighted by molar-refractivity contribution is 0.479. The first-order valence-electron chi connectivity index (χ1n) is 4.94. The Hall–Kier alpha value is -1.71. The molecule has 2 heterocycles. The van der Waals surface area contributed by atoms with Gasteiger partial charge in [0.25, 0.3) is 5.89 Å². The molecule has 0 bridgehead atoms. The van der Waals surface area contributed by atoms with Crippen LogP contribution in [-0.4, -0.2) is 15.2 Å². The first-order chi connectivity index (χ1) is 7.18. The Morgan fingerprint density at radius 2 is 2.07 bits per heavy atom. The first-order valence-corrected chi connectivity index (χ1v) is 4.94. The molecule has 2 rings (SSSR count). The summed E-state index contributed by atoms with van der Waals surface area (Å²) in [6.07, 6.45) is 1.72. The maximum atomic E-state index is 5.53. The molecule has 0 fully saturated rings. The average Bonchev–Trinajstić information content (AvgIpc) is 2.67. The van der Waals surface area contributed by atoms with Gasteiger partial charge in [-0.15, -0.1) is 10.2 Å². The van der Waals surface area contributed by atoms with E-state index in [4.69, 9.17) is 4.42 Å². The quantitative estimate of drug-likeness (QED) is 0.752. The summed E-state index contributed by atoms with van der Waals surface area (Å²) in [6, 6.07) is 3.86. The van der Waals surface area contributed by atoms with Crippen molar-refractivity contribution in [1.82, 2.24) is 15.2 Å². The molecule has 0 unspecified atom stereocenters. The van der Waals surface area contributed by atoms with Crippen LogP contribution in [0.3, 0.4) is 0 Å². The van der Waals surface area contributed by atoms with Gasteiger partial charge in [-0.3, -0.25) is 4.98 Å². The van der Waals surface area contributed by atoms with E-state index < -0.39 is 0 Å². The topological polar surface area (TPSA) is 51.8 Å². The lowest BCUT2D eigenvalue weighted by Crippen LogP contribution is -1.86. The van der Waals surface area contributed by atoms with Crippen molar-refractivity contribution in [3.8, 4) is 11.6 Å². The molecule has 0 N–H and O–H groups in total. The smallest absolute Gasteiger partial charge is 0.266 e. The van der Waals surface area contributed by atoms with Gasteiger partial charge in [0.2, 0.25) is 5.89 Å². The standard InChI is InChI=1S/C11H13N3O/c1-7(2)10-13-14-11(15-10)9-8(3)5-4-6-12-9/h4-7H,1-3H3. The largest absolute Gasteiger partial charge is 0.419 e. The zero-order valence-electron chi connectivity index (χ0n) is 9.06. The van der Waals surface area contributed by atoms with E-state index in [1.165, 1.54) is 0 Å². The molecule has 0 aliphatic carbocycles. The fourth-order valence-electron chi connectivity index (χ4n) is 1.27. The van der Waals surface area contributed by atoms with E-state index in [2.05, 4.69) is 15.2 Å². The molecule has 78 valence electrons. The number of aryl methyl sites for hydroxylation is 1. The second-order valence-corrected chi connectivity index (χ2v) is 3.77. The third-order valence-corrected chi connectivity index (χ3v) is 2.15. The first kappa shape index (κ1) is 9.83. The Balaban J connectivity index is 2.42. The highest BCUT2D eigenvalue weighted by molar-refractivity contribution is 5.51. The summed E-state index contributed by atoms with van der Waals surface area (Å²) in [6.45, 7) is 6.01. The summed E-state index contributed by atoms with van der Waals surface area (Å²) >= 11 is 0. The van der Waals surface area contributed by atoms with Crippen molar-refractivity contribution in [2.75, 3.05) is 0 Å². The molecule has 0 aromatic carbocycles. The Kier molecular flexibility index (Phi) is 2.49. The van der Waals surface area contributed by atoms with E-state index in [0.717, 1.165) is 11.3 Å². The van der Waals surface area contributed by atoms with E-state index >= 15 is 0 Å². The van der Waals surface area contributed by atoms with E-state index in [0.29, 0.717) is 11.8 Å². The third kappa shape index (κ3) is 1.88. The van der Waals surface area contributed by atoms with Crippen LogP contribution in [-0.2, 0) is 0 Å². The van der Waals surface area contributed by atoms with Crippen molar-refractivity contribution in [2.45, 2.75) is 26.7 Å². The molecule has 0 aliphatic rings. The van der Waals surface area contributed by atoms with Gasteiger partial charge in [0, 0.05) is 12.1 Å². The minimum absolute atomic E-state index is 0.246. The molecule has 0 atom stereocenters. The molecule has 15 heavy (non-hydrogen) atoms. The minimum atomic E-state index is 0.246. The second-order valence-electron chi connectivity index (χ2n) is 3.77. The van der Waals surface area contributed by atoms with Gasteiger partial charge in [0.05, 0.1) is 0 Å². The number of rotatable bonds is 2. The number of hydrogen-bond acceptors (Lipinski definition) is 4. The van der Waals surface area contributed by atoms with Crippen LogP contribution in [0, 0.1) is 6.92 Å². The average molecular weight is 203 g/mol. The Morgan fingerprint density at radius 3 is 2.67 bits per heavy atom. The summed E-state index contributed by atoms with van der Waals surface area (Å²) in [7, 11) is 0. The molecule has 0 saturated carbocycles. The summed E-state index contributed by atoms with van der Waals surface area (Å²) in [5.41, 5.74) is 1.80.